The van der Waals surface area contributed by atoms with E-state index in [0.717, 1.165) is 39.5 Å². The van der Waals surface area contributed by atoms with Crippen molar-refractivity contribution in [3.05, 3.63) is 189 Å². The normalized spacial score (nSPS) is 12.8. The molecule has 0 unspecified atom stereocenters. The van der Waals surface area contributed by atoms with E-state index in [-0.39, 0.29) is 11.1 Å². The Kier molecular flexibility index (Phi) is 8.36. The molecule has 12 heteroatoms. The Hall–Kier alpha value is -5.80. The number of benzene rings is 3. The molecule has 0 saturated carbocycles. The fourth-order valence-electron chi connectivity index (χ4n) is 5.88. The van der Waals surface area contributed by atoms with E-state index < -0.39 is 7.81 Å². The molecular weight excluding hydrogens is 677 g/mol. The Morgan fingerprint density at radius 1 is 0.500 bits per heavy atom. The van der Waals surface area contributed by atoms with Gasteiger partial charge in [0.2, 0.25) is 0 Å². The maximum absolute atomic E-state index is 14.7. The average Bonchev–Trinajstić information content (AvgIpc) is 3.26. The molecule has 0 fully saturated rings. The molecule has 0 radical (unpaired) electrons. The summed E-state index contributed by atoms with van der Waals surface area (Å²) >= 11 is 0. The summed E-state index contributed by atoms with van der Waals surface area (Å²) in [5.74, 6) is 1.26. The van der Waals surface area contributed by atoms with Gasteiger partial charge in [-0.15, -0.1) is 0 Å². The van der Waals surface area contributed by atoms with Crippen molar-refractivity contribution in [3.8, 4) is 39.6 Å². The van der Waals surface area contributed by atoms with Crippen molar-refractivity contribution in [1.82, 2.24) is 9.13 Å². The van der Waals surface area contributed by atoms with Gasteiger partial charge in [-0.25, -0.2) is 18.7 Å². The number of hydrogen-bond donors (Lipinski definition) is 0. The maximum atomic E-state index is 14.7. The second-order valence-electron chi connectivity index (χ2n) is 11.2. The minimum atomic E-state index is -10.7. The van der Waals surface area contributed by atoms with E-state index in [1.54, 1.807) is 16.2 Å². The zero-order valence-electron chi connectivity index (χ0n) is 26.2. The SMILES string of the molecule is COc1ccc([C+](c2c3cccccc-3n(-c3ccccc3)c2=O)c2c3cccccc-3n(-c3ccccc3)c2=O)cc1.F[P-](F)(F)(F)(F)F. The van der Waals surface area contributed by atoms with Gasteiger partial charge in [0.25, 0.3) is 0 Å². The Morgan fingerprint density at radius 2 is 0.840 bits per heavy atom. The van der Waals surface area contributed by atoms with Crippen LogP contribution in [0.25, 0.3) is 33.9 Å². The van der Waals surface area contributed by atoms with Gasteiger partial charge in [-0.1, -0.05) is 72.8 Å². The number of aromatic nitrogens is 2. The zero-order chi connectivity index (χ0) is 35.7. The summed E-state index contributed by atoms with van der Waals surface area (Å²) in [7, 11) is -9.04. The number of hydrogen-bond acceptors (Lipinski definition) is 3. The summed E-state index contributed by atoms with van der Waals surface area (Å²) in [5.41, 5.74) is 5.82. The molecular formula is C38H27F6N2O3P. The molecule has 5 nitrogen and oxygen atoms in total. The third kappa shape index (κ3) is 7.43. The molecule has 4 aliphatic rings. The van der Waals surface area contributed by atoms with Crippen LogP contribution in [0.3, 0.4) is 0 Å². The molecule has 2 heterocycles. The minimum absolute atomic E-state index is 0.196. The molecule has 0 N–H and O–H groups in total. The first-order valence-corrected chi connectivity index (χ1v) is 17.1. The molecule has 3 aromatic rings. The number of para-hydroxylation sites is 2. The summed E-state index contributed by atoms with van der Waals surface area (Å²) < 4.78 is 68.1. The Bertz CT molecular complexity index is 2200. The number of methoxy groups -OCH3 is 1. The summed E-state index contributed by atoms with van der Waals surface area (Å²) in [6.07, 6.45) is 0. The van der Waals surface area contributed by atoms with Gasteiger partial charge in [0.1, 0.15) is 16.9 Å². The van der Waals surface area contributed by atoms with Gasteiger partial charge in [0, 0.05) is 12.1 Å². The molecule has 0 amide bonds. The number of halogens is 6. The molecule has 0 atom stereocenters. The standard InChI is InChI=1S/C38H27N2O3.F6P/c1-43-29-24-22-26(23-25-29)34(35-30-18-10-4-12-20-32(30)39(37(35)41)27-14-6-2-7-15-27)36-31-19-11-5-13-21-33(31)40(38(36)42)28-16-8-3-9-17-28;1-7(2,3,4,5)6/h2-25H,1H3;/q+1;-1. The van der Waals surface area contributed by atoms with Gasteiger partial charge >= 0.3 is 44.1 Å². The van der Waals surface area contributed by atoms with Crippen LogP contribution in [0.1, 0.15) is 16.7 Å². The van der Waals surface area contributed by atoms with Gasteiger partial charge in [-0.3, -0.25) is 0 Å². The number of rotatable bonds is 6. The fraction of sp³-hybridized carbons (Fsp3) is 0.0263. The van der Waals surface area contributed by atoms with E-state index in [0.29, 0.717) is 22.8 Å². The summed E-state index contributed by atoms with van der Waals surface area (Å²) in [5, 5.41) is 0. The van der Waals surface area contributed by atoms with E-state index in [4.69, 9.17) is 4.74 Å². The molecule has 50 heavy (non-hydrogen) atoms. The molecule has 0 bridgehead atoms. The van der Waals surface area contributed by atoms with Crippen molar-refractivity contribution in [1.29, 1.82) is 0 Å². The van der Waals surface area contributed by atoms with Crippen LogP contribution in [0.2, 0.25) is 0 Å². The van der Waals surface area contributed by atoms with Crippen LogP contribution in [-0.4, -0.2) is 16.2 Å². The Labute approximate surface area is 282 Å². The van der Waals surface area contributed by atoms with Crippen molar-refractivity contribution in [2.75, 3.05) is 7.11 Å². The second-order valence-corrected chi connectivity index (χ2v) is 13.1. The van der Waals surface area contributed by atoms with Crippen molar-refractivity contribution in [2.24, 2.45) is 0 Å². The summed E-state index contributed by atoms with van der Waals surface area (Å²) in [6.45, 7) is 0. The van der Waals surface area contributed by atoms with Crippen LogP contribution in [-0.2, 0) is 0 Å². The van der Waals surface area contributed by atoms with Crippen molar-refractivity contribution < 1.29 is 29.9 Å². The Balaban J connectivity index is 0.000000561. The first kappa shape index (κ1) is 34.1. The summed E-state index contributed by atoms with van der Waals surface area (Å²) in [6, 6.07) is 46.2. The molecule has 3 aromatic carbocycles. The predicted octanol–water partition coefficient (Wildman–Crippen LogP) is 10.6. The van der Waals surface area contributed by atoms with Gasteiger partial charge < -0.3 is 4.74 Å². The van der Waals surface area contributed by atoms with Gasteiger partial charge in [-0.2, -0.15) is 0 Å². The zero-order valence-corrected chi connectivity index (χ0v) is 27.1. The van der Waals surface area contributed by atoms with Gasteiger partial charge in [0.05, 0.1) is 52.5 Å². The second kappa shape index (κ2) is 12.3. The van der Waals surface area contributed by atoms with E-state index in [9.17, 15) is 34.8 Å². The van der Waals surface area contributed by atoms with E-state index >= 15 is 0 Å². The average molecular weight is 705 g/mol. The van der Waals surface area contributed by atoms with Crippen LogP contribution in [0, 0.1) is 5.92 Å². The first-order chi connectivity index (χ1) is 23.6. The molecule has 2 aliphatic heterocycles. The number of nitrogens with zero attached hydrogens (tertiary/aromatic N) is 2. The molecule has 0 saturated heterocycles. The quantitative estimate of drug-likeness (QED) is 0.0984. The third-order valence-corrected chi connectivity index (χ3v) is 7.79. The van der Waals surface area contributed by atoms with Crippen LogP contribution in [0.5, 0.6) is 5.75 Å². The number of fused-ring (bicyclic) bond motifs is 2. The van der Waals surface area contributed by atoms with Crippen LogP contribution >= 0.6 is 7.81 Å². The van der Waals surface area contributed by atoms with Crippen LogP contribution in [0.15, 0.2) is 155 Å². The van der Waals surface area contributed by atoms with Crippen molar-refractivity contribution >= 4 is 7.81 Å². The van der Waals surface area contributed by atoms with E-state index in [2.05, 4.69) is 0 Å². The van der Waals surface area contributed by atoms with E-state index in [1.807, 2.05) is 146 Å². The van der Waals surface area contributed by atoms with Gasteiger partial charge in [0.15, 0.2) is 0 Å². The monoisotopic (exact) mass is 704 g/mol. The van der Waals surface area contributed by atoms with E-state index in [1.165, 1.54) is 0 Å². The van der Waals surface area contributed by atoms with Gasteiger partial charge in [-0.05, 0) is 60.7 Å². The van der Waals surface area contributed by atoms with Crippen LogP contribution < -0.4 is 15.9 Å². The first-order valence-electron chi connectivity index (χ1n) is 15.1. The van der Waals surface area contributed by atoms with Crippen molar-refractivity contribution in [3.63, 3.8) is 0 Å². The van der Waals surface area contributed by atoms with Crippen molar-refractivity contribution in [2.45, 2.75) is 0 Å². The fourth-order valence-corrected chi connectivity index (χ4v) is 5.88. The molecule has 254 valence electrons. The topological polar surface area (TPSA) is 53.2 Å². The summed E-state index contributed by atoms with van der Waals surface area (Å²) in [4.78, 5) is 29.4. The molecule has 7 rings (SSSR count). The predicted molar refractivity (Wildman–Crippen MR) is 184 cm³/mol. The van der Waals surface area contributed by atoms with Crippen LogP contribution in [0.4, 0.5) is 25.2 Å². The number of ether oxygens (including phenoxy) is 1. The molecule has 0 aromatic heterocycles. The molecule has 2 aliphatic carbocycles. The third-order valence-electron chi connectivity index (χ3n) is 7.79. The molecule has 0 spiro atoms. The Morgan fingerprint density at radius 3 is 1.20 bits per heavy atom.